The first-order chi connectivity index (χ1) is 8.63. The number of nitrogens with one attached hydrogen (secondary N) is 1. The van der Waals surface area contributed by atoms with Gasteiger partial charge in [-0.25, -0.2) is 14.2 Å². The van der Waals surface area contributed by atoms with E-state index in [2.05, 4.69) is 21.4 Å². The minimum Gasteiger partial charge on any atom is -0.271 e. The van der Waals surface area contributed by atoms with E-state index in [-0.39, 0.29) is 5.56 Å². The molecular formula is C13H11BrF2N2. The van der Waals surface area contributed by atoms with Crippen molar-refractivity contribution in [3.05, 3.63) is 69.7 Å². The molecule has 18 heavy (non-hydrogen) atoms. The first-order valence-electron chi connectivity index (χ1n) is 5.29. The van der Waals surface area contributed by atoms with Gasteiger partial charge in [0.2, 0.25) is 0 Å². The second-order valence-corrected chi connectivity index (χ2v) is 4.71. The van der Waals surface area contributed by atoms with Crippen LogP contribution < -0.4 is 11.3 Å². The van der Waals surface area contributed by atoms with Crippen LogP contribution in [0.2, 0.25) is 0 Å². The monoisotopic (exact) mass is 312 g/mol. The van der Waals surface area contributed by atoms with E-state index in [0.717, 1.165) is 16.1 Å². The topological polar surface area (TPSA) is 38.0 Å². The third-order valence-electron chi connectivity index (χ3n) is 2.64. The van der Waals surface area contributed by atoms with Crippen LogP contribution in [0.3, 0.4) is 0 Å². The van der Waals surface area contributed by atoms with Crippen LogP contribution in [0.4, 0.5) is 8.78 Å². The molecule has 0 aromatic heterocycles. The molecule has 0 aliphatic heterocycles. The molecule has 0 aliphatic rings. The molecule has 0 saturated carbocycles. The summed E-state index contributed by atoms with van der Waals surface area (Å²) in [6, 6.07) is 10.7. The second-order valence-electron chi connectivity index (χ2n) is 3.80. The van der Waals surface area contributed by atoms with Crippen LogP contribution >= 0.6 is 15.9 Å². The summed E-state index contributed by atoms with van der Waals surface area (Å²) in [6.45, 7) is 0. The Hall–Kier alpha value is -1.30. The van der Waals surface area contributed by atoms with Crippen LogP contribution in [0.1, 0.15) is 17.2 Å². The highest BCUT2D eigenvalue weighted by Gasteiger charge is 2.18. The molecule has 2 aromatic rings. The number of benzene rings is 2. The van der Waals surface area contributed by atoms with Crippen LogP contribution in [0.15, 0.2) is 46.9 Å². The van der Waals surface area contributed by atoms with E-state index < -0.39 is 17.7 Å². The molecule has 0 heterocycles. The number of hydrogen-bond acceptors (Lipinski definition) is 2. The van der Waals surface area contributed by atoms with Gasteiger partial charge in [0.25, 0.3) is 0 Å². The third-order valence-corrected chi connectivity index (χ3v) is 3.13. The predicted molar refractivity (Wildman–Crippen MR) is 69.7 cm³/mol. The smallest absolute Gasteiger partial charge is 0.163 e. The van der Waals surface area contributed by atoms with Crippen molar-refractivity contribution in [1.82, 2.24) is 5.43 Å². The first kappa shape index (κ1) is 13.1. The molecule has 0 saturated heterocycles. The summed E-state index contributed by atoms with van der Waals surface area (Å²) in [5.74, 6) is 3.68. The van der Waals surface area contributed by atoms with Crippen LogP contribution in [-0.4, -0.2) is 0 Å². The van der Waals surface area contributed by atoms with Gasteiger partial charge in [-0.3, -0.25) is 5.84 Å². The average molecular weight is 313 g/mol. The molecule has 0 aliphatic carbocycles. The highest BCUT2D eigenvalue weighted by molar-refractivity contribution is 9.10. The zero-order valence-corrected chi connectivity index (χ0v) is 10.9. The van der Waals surface area contributed by atoms with Crippen molar-refractivity contribution in [3.8, 4) is 0 Å². The zero-order chi connectivity index (χ0) is 13.1. The van der Waals surface area contributed by atoms with Gasteiger partial charge in [-0.15, -0.1) is 0 Å². The molecule has 1 atom stereocenters. The van der Waals surface area contributed by atoms with Gasteiger partial charge in [-0.05, 0) is 23.8 Å². The van der Waals surface area contributed by atoms with Crippen LogP contribution in [0.5, 0.6) is 0 Å². The number of rotatable bonds is 3. The quantitative estimate of drug-likeness (QED) is 0.674. The van der Waals surface area contributed by atoms with Crippen molar-refractivity contribution in [2.24, 2.45) is 5.84 Å². The summed E-state index contributed by atoms with van der Waals surface area (Å²) in [5.41, 5.74) is 3.43. The Balaban J connectivity index is 2.49. The maximum atomic E-state index is 13.7. The van der Waals surface area contributed by atoms with Gasteiger partial charge < -0.3 is 0 Å². The molecule has 0 spiro atoms. The summed E-state index contributed by atoms with van der Waals surface area (Å²) in [7, 11) is 0. The highest BCUT2D eigenvalue weighted by Crippen LogP contribution is 2.26. The number of hydrogen-bond donors (Lipinski definition) is 2. The molecule has 2 rings (SSSR count). The van der Waals surface area contributed by atoms with Gasteiger partial charge in [0, 0.05) is 10.0 Å². The van der Waals surface area contributed by atoms with Crippen LogP contribution in [0, 0.1) is 11.6 Å². The Bertz CT molecular complexity index is 560. The summed E-state index contributed by atoms with van der Waals surface area (Å²) >= 11 is 3.33. The molecule has 3 N–H and O–H groups in total. The Morgan fingerprint density at radius 2 is 1.83 bits per heavy atom. The Kier molecular flexibility index (Phi) is 4.06. The summed E-state index contributed by atoms with van der Waals surface area (Å²) < 4.78 is 27.8. The molecule has 0 bridgehead atoms. The van der Waals surface area contributed by atoms with Gasteiger partial charge in [-0.1, -0.05) is 40.2 Å². The molecule has 1 unspecified atom stereocenters. The molecule has 2 nitrogen and oxygen atoms in total. The maximum absolute atomic E-state index is 13.7. The molecular weight excluding hydrogens is 302 g/mol. The predicted octanol–water partition coefficient (Wildman–Crippen LogP) is 3.28. The van der Waals surface area contributed by atoms with Crippen molar-refractivity contribution >= 4 is 15.9 Å². The minimum absolute atomic E-state index is 0.176. The lowest BCUT2D eigenvalue weighted by atomic mass is 9.99. The lowest BCUT2D eigenvalue weighted by Crippen LogP contribution is -2.29. The molecule has 0 radical (unpaired) electrons. The van der Waals surface area contributed by atoms with E-state index >= 15 is 0 Å². The fourth-order valence-electron chi connectivity index (χ4n) is 1.80. The Morgan fingerprint density at radius 1 is 1.11 bits per heavy atom. The zero-order valence-electron chi connectivity index (χ0n) is 9.33. The van der Waals surface area contributed by atoms with Gasteiger partial charge in [0.05, 0.1) is 6.04 Å². The SMILES string of the molecule is NNC(c1cccc(Br)c1)c1cccc(F)c1F. The molecule has 0 fully saturated rings. The standard InChI is InChI=1S/C13H11BrF2N2/c14-9-4-1-3-8(7-9)13(18-17)10-5-2-6-11(15)12(10)16/h1-7,13,18H,17H2. The van der Waals surface area contributed by atoms with Crippen molar-refractivity contribution in [1.29, 1.82) is 0 Å². The molecule has 5 heteroatoms. The fourth-order valence-corrected chi connectivity index (χ4v) is 2.21. The van der Waals surface area contributed by atoms with E-state index in [9.17, 15) is 8.78 Å². The molecule has 0 amide bonds. The minimum atomic E-state index is -0.888. The normalized spacial score (nSPS) is 12.4. The van der Waals surface area contributed by atoms with Crippen molar-refractivity contribution < 1.29 is 8.78 Å². The number of nitrogens with two attached hydrogens (primary N) is 1. The highest BCUT2D eigenvalue weighted by atomic mass is 79.9. The van der Waals surface area contributed by atoms with Gasteiger partial charge in [0.15, 0.2) is 11.6 Å². The Labute approximate surface area is 112 Å². The van der Waals surface area contributed by atoms with Crippen LogP contribution in [-0.2, 0) is 0 Å². The van der Waals surface area contributed by atoms with Crippen molar-refractivity contribution in [2.45, 2.75) is 6.04 Å². The van der Waals surface area contributed by atoms with E-state index in [0.29, 0.717) is 0 Å². The third kappa shape index (κ3) is 2.58. The number of halogens is 3. The van der Waals surface area contributed by atoms with E-state index in [1.54, 1.807) is 18.2 Å². The lowest BCUT2D eigenvalue weighted by molar-refractivity contribution is 0.483. The van der Waals surface area contributed by atoms with Crippen molar-refractivity contribution in [2.75, 3.05) is 0 Å². The summed E-state index contributed by atoms with van der Waals surface area (Å²) in [5, 5.41) is 0. The summed E-state index contributed by atoms with van der Waals surface area (Å²) in [4.78, 5) is 0. The summed E-state index contributed by atoms with van der Waals surface area (Å²) in [6.07, 6.45) is 0. The van der Waals surface area contributed by atoms with Gasteiger partial charge in [0.1, 0.15) is 0 Å². The largest absolute Gasteiger partial charge is 0.271 e. The molecule has 94 valence electrons. The van der Waals surface area contributed by atoms with E-state index in [1.807, 2.05) is 6.07 Å². The van der Waals surface area contributed by atoms with Crippen molar-refractivity contribution in [3.63, 3.8) is 0 Å². The average Bonchev–Trinajstić information content (AvgIpc) is 2.35. The first-order valence-corrected chi connectivity index (χ1v) is 6.08. The lowest BCUT2D eigenvalue weighted by Gasteiger charge is -2.18. The van der Waals surface area contributed by atoms with Gasteiger partial charge in [-0.2, -0.15) is 0 Å². The maximum Gasteiger partial charge on any atom is 0.163 e. The second kappa shape index (κ2) is 5.56. The Morgan fingerprint density at radius 3 is 2.50 bits per heavy atom. The van der Waals surface area contributed by atoms with E-state index in [4.69, 9.17) is 5.84 Å². The fraction of sp³-hybridized carbons (Fsp3) is 0.0769. The van der Waals surface area contributed by atoms with E-state index in [1.165, 1.54) is 12.1 Å². The number of hydrazine groups is 1. The molecule has 2 aromatic carbocycles. The van der Waals surface area contributed by atoms with Crippen LogP contribution in [0.25, 0.3) is 0 Å². The van der Waals surface area contributed by atoms with Gasteiger partial charge >= 0.3 is 0 Å².